The molecule has 0 spiro atoms. The summed E-state index contributed by atoms with van der Waals surface area (Å²) >= 11 is 0. The molecule has 0 bridgehead atoms. The Kier molecular flexibility index (Phi) is 3.01. The molecule has 4 heteroatoms. The predicted octanol–water partition coefficient (Wildman–Crippen LogP) is 3.24. The van der Waals surface area contributed by atoms with Gasteiger partial charge in [-0.3, -0.25) is 4.68 Å². The van der Waals surface area contributed by atoms with Crippen LogP contribution in [0.2, 0.25) is 0 Å². The van der Waals surface area contributed by atoms with E-state index in [1.807, 2.05) is 4.68 Å². The fourth-order valence-corrected chi connectivity index (χ4v) is 2.47. The van der Waals surface area contributed by atoms with E-state index in [9.17, 15) is 4.39 Å². The Balaban J connectivity index is 2.07. The fraction of sp³-hybridized carbons (Fsp3) is 0.400. The number of hydrogen-bond donors (Lipinski definition) is 1. The predicted molar refractivity (Wildman–Crippen MR) is 74.1 cm³/mol. The molecule has 1 heterocycles. The lowest BCUT2D eigenvalue weighted by atomic mass is 10.1. The van der Waals surface area contributed by atoms with Gasteiger partial charge in [0.1, 0.15) is 11.6 Å². The standard InChI is InChI=1S/C15H18FN3/c1-2-13-14(11-5-7-12(16)8-6-11)19(18-15(13)17)9-10-3-4-10/h5-8,10H,2-4,9H2,1H3,(H2,17,18). The number of nitrogens with zero attached hydrogens (tertiary/aromatic N) is 2. The van der Waals surface area contributed by atoms with Crippen molar-refractivity contribution < 1.29 is 4.39 Å². The minimum Gasteiger partial charge on any atom is -0.382 e. The average Bonchev–Trinajstić information content (AvgIpc) is 3.14. The number of anilines is 1. The van der Waals surface area contributed by atoms with Crippen molar-refractivity contribution in [2.24, 2.45) is 5.92 Å². The highest BCUT2D eigenvalue weighted by Crippen LogP contribution is 2.35. The molecule has 100 valence electrons. The van der Waals surface area contributed by atoms with Gasteiger partial charge in [-0.15, -0.1) is 0 Å². The molecule has 0 atom stereocenters. The van der Waals surface area contributed by atoms with Gasteiger partial charge in [0.15, 0.2) is 0 Å². The Morgan fingerprint density at radius 1 is 1.32 bits per heavy atom. The van der Waals surface area contributed by atoms with Gasteiger partial charge < -0.3 is 5.73 Å². The highest BCUT2D eigenvalue weighted by atomic mass is 19.1. The SMILES string of the molecule is CCc1c(N)nn(CC2CC2)c1-c1ccc(F)cc1. The van der Waals surface area contributed by atoms with Gasteiger partial charge in [-0.25, -0.2) is 4.39 Å². The zero-order valence-corrected chi connectivity index (χ0v) is 11.1. The highest BCUT2D eigenvalue weighted by Gasteiger charge is 2.25. The fourth-order valence-electron chi connectivity index (χ4n) is 2.47. The van der Waals surface area contributed by atoms with E-state index in [-0.39, 0.29) is 5.82 Å². The van der Waals surface area contributed by atoms with Gasteiger partial charge in [-0.05, 0) is 49.4 Å². The minimum absolute atomic E-state index is 0.219. The second-order valence-electron chi connectivity index (χ2n) is 5.20. The molecule has 0 aliphatic heterocycles. The van der Waals surface area contributed by atoms with Crippen molar-refractivity contribution in [3.05, 3.63) is 35.6 Å². The second kappa shape index (κ2) is 4.68. The molecular weight excluding hydrogens is 241 g/mol. The van der Waals surface area contributed by atoms with Crippen molar-refractivity contribution in [2.45, 2.75) is 32.7 Å². The van der Waals surface area contributed by atoms with Crippen LogP contribution < -0.4 is 5.73 Å². The second-order valence-corrected chi connectivity index (χ2v) is 5.20. The Bertz CT molecular complexity index is 582. The first-order valence-corrected chi connectivity index (χ1v) is 6.80. The summed E-state index contributed by atoms with van der Waals surface area (Å²) in [5, 5.41) is 4.46. The van der Waals surface area contributed by atoms with Crippen LogP contribution in [0, 0.1) is 11.7 Å². The molecule has 1 aromatic heterocycles. The average molecular weight is 259 g/mol. The molecule has 1 saturated carbocycles. The van der Waals surface area contributed by atoms with Crippen molar-refractivity contribution in [3.8, 4) is 11.3 Å². The Hall–Kier alpha value is -1.84. The van der Waals surface area contributed by atoms with Crippen LogP contribution in [0.1, 0.15) is 25.3 Å². The van der Waals surface area contributed by atoms with Crippen LogP contribution in [0.5, 0.6) is 0 Å². The van der Waals surface area contributed by atoms with E-state index in [4.69, 9.17) is 5.73 Å². The van der Waals surface area contributed by atoms with Crippen LogP contribution >= 0.6 is 0 Å². The van der Waals surface area contributed by atoms with E-state index in [0.717, 1.165) is 35.7 Å². The molecule has 3 rings (SSSR count). The van der Waals surface area contributed by atoms with Crippen molar-refractivity contribution in [3.63, 3.8) is 0 Å². The van der Waals surface area contributed by atoms with Gasteiger partial charge in [-0.1, -0.05) is 6.92 Å². The van der Waals surface area contributed by atoms with Gasteiger partial charge in [-0.2, -0.15) is 5.10 Å². The lowest BCUT2D eigenvalue weighted by Crippen LogP contribution is -2.04. The van der Waals surface area contributed by atoms with Crippen molar-refractivity contribution in [2.75, 3.05) is 5.73 Å². The quantitative estimate of drug-likeness (QED) is 0.916. The number of benzene rings is 1. The third kappa shape index (κ3) is 2.35. The molecule has 0 radical (unpaired) electrons. The molecule has 3 nitrogen and oxygen atoms in total. The molecule has 2 N–H and O–H groups in total. The smallest absolute Gasteiger partial charge is 0.149 e. The third-order valence-electron chi connectivity index (χ3n) is 3.68. The molecule has 1 aromatic carbocycles. The number of aromatic nitrogens is 2. The van der Waals surface area contributed by atoms with Gasteiger partial charge >= 0.3 is 0 Å². The van der Waals surface area contributed by atoms with Gasteiger partial charge in [0, 0.05) is 17.7 Å². The maximum atomic E-state index is 13.1. The van der Waals surface area contributed by atoms with Crippen LogP contribution in [0.4, 0.5) is 10.2 Å². The molecule has 0 unspecified atom stereocenters. The summed E-state index contributed by atoms with van der Waals surface area (Å²) in [6.45, 7) is 2.98. The Morgan fingerprint density at radius 2 is 2.00 bits per heavy atom. The lowest BCUT2D eigenvalue weighted by molar-refractivity contribution is 0.570. The summed E-state index contributed by atoms with van der Waals surface area (Å²) in [5.74, 6) is 1.11. The Morgan fingerprint density at radius 3 is 2.58 bits per heavy atom. The maximum absolute atomic E-state index is 13.1. The number of halogens is 1. The molecule has 0 saturated heterocycles. The number of nitrogen functional groups attached to an aromatic ring is 1. The highest BCUT2D eigenvalue weighted by molar-refractivity contribution is 5.68. The monoisotopic (exact) mass is 259 g/mol. The molecule has 1 fully saturated rings. The van der Waals surface area contributed by atoms with Gasteiger partial charge in [0.05, 0.1) is 5.69 Å². The summed E-state index contributed by atoms with van der Waals surface area (Å²) in [4.78, 5) is 0. The first-order valence-electron chi connectivity index (χ1n) is 6.80. The van der Waals surface area contributed by atoms with E-state index in [2.05, 4.69) is 12.0 Å². The molecule has 1 aliphatic carbocycles. The molecule has 0 amide bonds. The summed E-state index contributed by atoms with van der Waals surface area (Å²) in [5.41, 5.74) is 9.11. The van der Waals surface area contributed by atoms with E-state index in [1.54, 1.807) is 12.1 Å². The van der Waals surface area contributed by atoms with Crippen LogP contribution in [0.15, 0.2) is 24.3 Å². The van der Waals surface area contributed by atoms with Crippen molar-refractivity contribution in [1.29, 1.82) is 0 Å². The number of rotatable bonds is 4. The van der Waals surface area contributed by atoms with E-state index < -0.39 is 0 Å². The van der Waals surface area contributed by atoms with E-state index in [0.29, 0.717) is 5.82 Å². The topological polar surface area (TPSA) is 43.8 Å². The van der Waals surface area contributed by atoms with E-state index in [1.165, 1.54) is 25.0 Å². The summed E-state index contributed by atoms with van der Waals surface area (Å²) in [6, 6.07) is 6.57. The molecule has 1 aliphatic rings. The first-order chi connectivity index (χ1) is 9.19. The molecule has 19 heavy (non-hydrogen) atoms. The van der Waals surface area contributed by atoms with E-state index >= 15 is 0 Å². The maximum Gasteiger partial charge on any atom is 0.149 e. The van der Waals surface area contributed by atoms with Crippen molar-refractivity contribution in [1.82, 2.24) is 9.78 Å². The van der Waals surface area contributed by atoms with Crippen LogP contribution in [0.3, 0.4) is 0 Å². The summed E-state index contributed by atoms with van der Waals surface area (Å²) in [6.07, 6.45) is 3.37. The summed E-state index contributed by atoms with van der Waals surface area (Å²) in [7, 11) is 0. The van der Waals surface area contributed by atoms with Gasteiger partial charge in [0.25, 0.3) is 0 Å². The van der Waals surface area contributed by atoms with Crippen LogP contribution in [0.25, 0.3) is 11.3 Å². The zero-order chi connectivity index (χ0) is 13.4. The zero-order valence-electron chi connectivity index (χ0n) is 11.1. The molecule has 2 aromatic rings. The van der Waals surface area contributed by atoms with Crippen LogP contribution in [-0.2, 0) is 13.0 Å². The number of hydrogen-bond acceptors (Lipinski definition) is 2. The minimum atomic E-state index is -0.219. The van der Waals surface area contributed by atoms with Crippen molar-refractivity contribution >= 4 is 5.82 Å². The summed E-state index contributed by atoms with van der Waals surface area (Å²) < 4.78 is 15.1. The van der Waals surface area contributed by atoms with Crippen LogP contribution in [-0.4, -0.2) is 9.78 Å². The van der Waals surface area contributed by atoms with Gasteiger partial charge in [0.2, 0.25) is 0 Å². The molecular formula is C15H18FN3. The number of nitrogens with two attached hydrogens (primary N) is 1. The first kappa shape index (κ1) is 12.2. The largest absolute Gasteiger partial charge is 0.382 e. The normalized spacial score (nSPS) is 14.8. The third-order valence-corrected chi connectivity index (χ3v) is 3.68. The lowest BCUT2D eigenvalue weighted by Gasteiger charge is -2.08. The Labute approximate surface area is 112 Å².